The monoisotopic (exact) mass is 513 g/mol. The standard InChI is InChI=1S/C21H21ClFN3O2.C8H16/c1-14(25)16-4-2-15(3-5-16)12-26-21(27)17(10-18(22)11-24)13-28-20-8-6-19(23)7-9-20;1-3-4-8-6-5-7(8)2/h2-11H,1,12-13,24-25H2,(H,26,27);7-8H,3-6H2,1-2H3/b17-10+,18-11+;. The molecule has 1 saturated carbocycles. The van der Waals surface area contributed by atoms with E-state index in [2.05, 4.69) is 25.7 Å². The lowest BCUT2D eigenvalue weighted by molar-refractivity contribution is -0.118. The van der Waals surface area contributed by atoms with E-state index in [1.807, 2.05) is 24.3 Å². The molecule has 2 unspecified atom stereocenters. The van der Waals surface area contributed by atoms with Crippen LogP contribution in [-0.2, 0) is 11.3 Å². The van der Waals surface area contributed by atoms with Gasteiger partial charge >= 0.3 is 0 Å². The Morgan fingerprint density at radius 1 is 1.19 bits per heavy atom. The number of halogens is 2. The van der Waals surface area contributed by atoms with E-state index in [4.69, 9.17) is 27.8 Å². The molecule has 0 radical (unpaired) electrons. The second-order valence-corrected chi connectivity index (χ2v) is 9.41. The summed E-state index contributed by atoms with van der Waals surface area (Å²) in [5.74, 6) is 1.83. The molecule has 0 spiro atoms. The van der Waals surface area contributed by atoms with E-state index < -0.39 is 0 Å². The fraction of sp³-hybridized carbons (Fsp3) is 0.345. The number of carbonyl (C=O) groups is 1. The molecule has 0 aromatic heterocycles. The lowest BCUT2D eigenvalue weighted by Crippen LogP contribution is -2.27. The Kier molecular flexibility index (Phi) is 12.1. The highest BCUT2D eigenvalue weighted by Gasteiger charge is 2.24. The fourth-order valence-corrected chi connectivity index (χ4v) is 3.88. The molecule has 0 bridgehead atoms. The summed E-state index contributed by atoms with van der Waals surface area (Å²) in [5.41, 5.74) is 13.5. The summed E-state index contributed by atoms with van der Waals surface area (Å²) in [4.78, 5) is 12.5. The van der Waals surface area contributed by atoms with Crippen molar-refractivity contribution in [2.75, 3.05) is 6.61 Å². The molecule has 1 aliphatic carbocycles. The van der Waals surface area contributed by atoms with E-state index in [9.17, 15) is 9.18 Å². The number of ether oxygens (including phenoxy) is 1. The summed E-state index contributed by atoms with van der Waals surface area (Å²) in [6, 6.07) is 12.8. The number of hydrogen-bond donors (Lipinski definition) is 3. The summed E-state index contributed by atoms with van der Waals surface area (Å²) in [5, 5.41) is 2.99. The lowest BCUT2D eigenvalue weighted by atomic mass is 9.73. The molecule has 0 heterocycles. The van der Waals surface area contributed by atoms with Gasteiger partial charge in [0.1, 0.15) is 18.2 Å². The average Bonchev–Trinajstić information content (AvgIpc) is 2.88. The van der Waals surface area contributed by atoms with Crippen molar-refractivity contribution in [1.29, 1.82) is 0 Å². The molecular weight excluding hydrogens is 477 g/mol. The van der Waals surface area contributed by atoms with E-state index >= 15 is 0 Å². The van der Waals surface area contributed by atoms with E-state index in [0.717, 1.165) is 23.0 Å². The highest BCUT2D eigenvalue weighted by molar-refractivity contribution is 6.31. The Hall–Kier alpha value is -3.25. The van der Waals surface area contributed by atoms with Crippen molar-refractivity contribution >= 4 is 23.2 Å². The number of amides is 1. The number of carbonyl (C=O) groups excluding carboxylic acids is 1. The minimum atomic E-state index is -0.376. The van der Waals surface area contributed by atoms with E-state index in [1.165, 1.54) is 62.2 Å². The molecule has 2 aromatic carbocycles. The maximum absolute atomic E-state index is 13.0. The Balaban J connectivity index is 0.000000482. The molecule has 5 N–H and O–H groups in total. The van der Waals surface area contributed by atoms with Crippen LogP contribution in [0, 0.1) is 17.7 Å². The molecule has 1 amide bonds. The van der Waals surface area contributed by atoms with Crippen LogP contribution in [0.1, 0.15) is 50.7 Å². The van der Waals surface area contributed by atoms with Crippen LogP contribution in [0.3, 0.4) is 0 Å². The molecule has 194 valence electrons. The molecule has 7 heteroatoms. The van der Waals surface area contributed by atoms with Crippen LogP contribution < -0.4 is 21.5 Å². The third-order valence-corrected chi connectivity index (χ3v) is 6.44. The molecule has 1 fully saturated rings. The second kappa shape index (κ2) is 15.0. The maximum atomic E-state index is 13.0. The number of nitrogens with one attached hydrogen (secondary N) is 1. The number of allylic oxidation sites excluding steroid dienone is 2. The number of hydrogen-bond acceptors (Lipinski definition) is 4. The fourth-order valence-electron chi connectivity index (χ4n) is 3.75. The molecule has 0 aliphatic heterocycles. The summed E-state index contributed by atoms with van der Waals surface area (Å²) in [6.07, 6.45) is 8.45. The molecule has 5 nitrogen and oxygen atoms in total. The van der Waals surface area contributed by atoms with Gasteiger partial charge in [-0.15, -0.1) is 0 Å². The van der Waals surface area contributed by atoms with Crippen LogP contribution in [0.25, 0.3) is 5.70 Å². The van der Waals surface area contributed by atoms with Crippen molar-refractivity contribution in [3.05, 3.63) is 94.9 Å². The number of benzene rings is 2. The van der Waals surface area contributed by atoms with Crippen molar-refractivity contribution in [3.8, 4) is 5.75 Å². The summed E-state index contributed by atoms with van der Waals surface area (Å²) in [7, 11) is 0. The third kappa shape index (κ3) is 9.78. The van der Waals surface area contributed by atoms with Gasteiger partial charge in [-0.3, -0.25) is 4.79 Å². The average molecular weight is 514 g/mol. The minimum absolute atomic E-state index is 0.0620. The predicted molar refractivity (Wildman–Crippen MR) is 146 cm³/mol. The van der Waals surface area contributed by atoms with Crippen molar-refractivity contribution < 1.29 is 13.9 Å². The Morgan fingerprint density at radius 2 is 1.86 bits per heavy atom. The van der Waals surface area contributed by atoms with Gasteiger partial charge in [0.15, 0.2) is 0 Å². The van der Waals surface area contributed by atoms with Gasteiger partial charge in [0, 0.05) is 18.4 Å². The summed E-state index contributed by atoms with van der Waals surface area (Å²) >= 11 is 5.93. The van der Waals surface area contributed by atoms with Gasteiger partial charge in [0.05, 0.1) is 10.6 Å². The molecule has 36 heavy (non-hydrogen) atoms. The van der Waals surface area contributed by atoms with Gasteiger partial charge in [0.25, 0.3) is 5.91 Å². The zero-order valence-electron chi connectivity index (χ0n) is 21.1. The summed E-state index contributed by atoms with van der Waals surface area (Å²) < 4.78 is 18.5. The molecule has 1 aliphatic rings. The second-order valence-electron chi connectivity index (χ2n) is 8.97. The molecular formula is C29H37ClFN3O2. The van der Waals surface area contributed by atoms with Crippen LogP contribution in [0.2, 0.25) is 0 Å². The Bertz CT molecular complexity index is 1050. The van der Waals surface area contributed by atoms with Crippen molar-refractivity contribution in [2.24, 2.45) is 23.3 Å². The first kappa shape index (κ1) is 29.0. The zero-order valence-corrected chi connectivity index (χ0v) is 21.9. The van der Waals surface area contributed by atoms with Gasteiger partial charge in [-0.05, 0) is 59.7 Å². The topological polar surface area (TPSA) is 90.4 Å². The Labute approximate surface area is 219 Å². The highest BCUT2D eigenvalue weighted by Crippen LogP contribution is 2.36. The van der Waals surface area contributed by atoms with Crippen molar-refractivity contribution in [2.45, 2.75) is 46.1 Å². The third-order valence-electron chi connectivity index (χ3n) is 6.21. The van der Waals surface area contributed by atoms with Crippen LogP contribution in [0.15, 0.2) is 78.0 Å². The van der Waals surface area contributed by atoms with E-state index in [0.29, 0.717) is 18.0 Å². The predicted octanol–water partition coefficient (Wildman–Crippen LogP) is 6.25. The first-order chi connectivity index (χ1) is 17.2. The molecule has 2 atom stereocenters. The number of nitrogens with two attached hydrogens (primary N) is 2. The molecule has 3 rings (SSSR count). The Morgan fingerprint density at radius 3 is 2.33 bits per heavy atom. The van der Waals surface area contributed by atoms with Crippen LogP contribution >= 0.6 is 11.6 Å². The van der Waals surface area contributed by atoms with Crippen molar-refractivity contribution in [1.82, 2.24) is 5.32 Å². The first-order valence-electron chi connectivity index (χ1n) is 12.2. The SMILES string of the molecule is C=C(N)c1ccc(CNC(=O)/C(=C/C(Cl)=C\N)COc2ccc(F)cc2)cc1.CCCC1CCC1C. The van der Waals surface area contributed by atoms with E-state index in [-0.39, 0.29) is 28.9 Å². The highest BCUT2D eigenvalue weighted by atomic mass is 35.5. The first-order valence-corrected chi connectivity index (χ1v) is 12.6. The van der Waals surface area contributed by atoms with E-state index in [1.54, 1.807) is 0 Å². The minimum Gasteiger partial charge on any atom is -0.489 e. The normalized spacial score (nSPS) is 17.3. The van der Waals surface area contributed by atoms with Crippen LogP contribution in [0.4, 0.5) is 4.39 Å². The molecule has 0 saturated heterocycles. The van der Waals surface area contributed by atoms with Gasteiger partial charge in [0.2, 0.25) is 0 Å². The van der Waals surface area contributed by atoms with Crippen LogP contribution in [0.5, 0.6) is 5.75 Å². The lowest BCUT2D eigenvalue weighted by Gasteiger charge is -2.33. The van der Waals surface area contributed by atoms with Gasteiger partial charge < -0.3 is 21.5 Å². The van der Waals surface area contributed by atoms with Gasteiger partial charge in [-0.25, -0.2) is 4.39 Å². The largest absolute Gasteiger partial charge is 0.489 e. The van der Waals surface area contributed by atoms with Gasteiger partial charge in [-0.1, -0.05) is 75.6 Å². The number of rotatable bonds is 10. The smallest absolute Gasteiger partial charge is 0.250 e. The van der Waals surface area contributed by atoms with Crippen molar-refractivity contribution in [3.63, 3.8) is 0 Å². The summed E-state index contributed by atoms with van der Waals surface area (Å²) in [6.45, 7) is 8.58. The maximum Gasteiger partial charge on any atom is 0.250 e. The molecule has 2 aromatic rings. The van der Waals surface area contributed by atoms with Gasteiger partial charge in [-0.2, -0.15) is 0 Å². The van der Waals surface area contributed by atoms with Crippen LogP contribution in [-0.4, -0.2) is 12.5 Å². The zero-order chi connectivity index (χ0) is 26.5. The quantitative estimate of drug-likeness (QED) is 0.259.